The molecule has 0 aromatic carbocycles. The molecule has 3 nitrogen and oxygen atoms in total. The second-order valence-corrected chi connectivity index (χ2v) is 7.15. The Bertz CT molecular complexity index is 264. The number of hydrogen-bond donors (Lipinski definition) is 3. The van der Waals surface area contributed by atoms with Crippen LogP contribution in [0.15, 0.2) is 0 Å². The van der Waals surface area contributed by atoms with Crippen LogP contribution in [0.4, 0.5) is 0 Å². The second-order valence-electron chi connectivity index (χ2n) is 7.15. The summed E-state index contributed by atoms with van der Waals surface area (Å²) in [6, 6.07) is 0. The highest BCUT2D eigenvalue weighted by Crippen LogP contribution is 2.31. The van der Waals surface area contributed by atoms with Crippen LogP contribution in [-0.2, 0) is 0 Å². The predicted molar refractivity (Wildman–Crippen MR) is 78.1 cm³/mol. The van der Waals surface area contributed by atoms with Crippen LogP contribution in [0.1, 0.15) is 71.1 Å². The molecule has 0 atom stereocenters. The van der Waals surface area contributed by atoms with Crippen molar-refractivity contribution >= 4 is 0 Å². The minimum absolute atomic E-state index is 0.533. The molecule has 2 rings (SSSR count). The van der Waals surface area contributed by atoms with Crippen molar-refractivity contribution in [2.75, 3.05) is 13.1 Å². The summed E-state index contributed by atoms with van der Waals surface area (Å²) in [5.74, 6) is 0.756. The van der Waals surface area contributed by atoms with E-state index in [9.17, 15) is 10.2 Å². The fourth-order valence-corrected chi connectivity index (χ4v) is 3.57. The zero-order valence-electron chi connectivity index (χ0n) is 12.5. The van der Waals surface area contributed by atoms with Crippen molar-refractivity contribution in [3.63, 3.8) is 0 Å². The summed E-state index contributed by atoms with van der Waals surface area (Å²) in [7, 11) is 0. The first-order valence-corrected chi connectivity index (χ1v) is 8.17. The van der Waals surface area contributed by atoms with Crippen LogP contribution in [0.25, 0.3) is 0 Å². The average Bonchev–Trinajstić information content (AvgIpc) is 2.59. The Balaban J connectivity index is 1.73. The smallest absolute Gasteiger partial charge is 0.0771 e. The second kappa shape index (κ2) is 6.55. The van der Waals surface area contributed by atoms with Crippen LogP contribution < -0.4 is 5.32 Å². The van der Waals surface area contributed by atoms with Gasteiger partial charge < -0.3 is 15.5 Å². The van der Waals surface area contributed by atoms with E-state index < -0.39 is 11.2 Å². The van der Waals surface area contributed by atoms with Gasteiger partial charge in [-0.2, -0.15) is 0 Å². The molecule has 112 valence electrons. The minimum atomic E-state index is -0.534. The van der Waals surface area contributed by atoms with Gasteiger partial charge in [0.05, 0.1) is 11.2 Å². The highest BCUT2D eigenvalue weighted by Gasteiger charge is 2.33. The molecule has 0 heterocycles. The Morgan fingerprint density at radius 2 is 1.32 bits per heavy atom. The summed E-state index contributed by atoms with van der Waals surface area (Å²) in [6.45, 7) is 3.55. The third-order valence-corrected chi connectivity index (χ3v) is 5.15. The minimum Gasteiger partial charge on any atom is -0.389 e. The van der Waals surface area contributed by atoms with Gasteiger partial charge in [0.25, 0.3) is 0 Å². The van der Waals surface area contributed by atoms with E-state index in [0.717, 1.165) is 57.3 Å². The molecule has 0 aromatic heterocycles. The van der Waals surface area contributed by atoms with E-state index in [1.165, 1.54) is 12.8 Å². The first-order valence-electron chi connectivity index (χ1n) is 8.17. The summed E-state index contributed by atoms with van der Waals surface area (Å²) in [5.41, 5.74) is -1.07. The van der Waals surface area contributed by atoms with E-state index in [0.29, 0.717) is 13.1 Å². The van der Waals surface area contributed by atoms with Crippen LogP contribution in [0.2, 0.25) is 0 Å². The Morgan fingerprint density at radius 1 is 0.842 bits per heavy atom. The first-order chi connectivity index (χ1) is 9.02. The van der Waals surface area contributed by atoms with Crippen LogP contribution in [0.3, 0.4) is 0 Å². The number of nitrogens with one attached hydrogen (secondary N) is 1. The molecule has 3 N–H and O–H groups in total. The molecule has 0 bridgehead atoms. The van der Waals surface area contributed by atoms with Crippen LogP contribution in [-0.4, -0.2) is 34.5 Å². The standard InChI is InChI=1S/C16H31NO2/c1-14-6-10-16(19,11-7-14)13-17-12-15(18)8-4-2-3-5-9-15/h14,17-19H,2-13H2,1H3. The largest absolute Gasteiger partial charge is 0.389 e. The van der Waals surface area contributed by atoms with Crippen molar-refractivity contribution in [2.24, 2.45) is 5.92 Å². The highest BCUT2D eigenvalue weighted by molar-refractivity contribution is 4.89. The summed E-state index contributed by atoms with van der Waals surface area (Å²) in [6.07, 6.45) is 10.7. The molecule has 0 unspecified atom stereocenters. The maximum Gasteiger partial charge on any atom is 0.0771 e. The molecule has 0 aliphatic heterocycles. The molecular formula is C16H31NO2. The molecule has 2 fully saturated rings. The van der Waals surface area contributed by atoms with Gasteiger partial charge in [0.2, 0.25) is 0 Å². The predicted octanol–water partition coefficient (Wildman–Crippen LogP) is 2.60. The van der Waals surface area contributed by atoms with Crippen LogP contribution in [0, 0.1) is 5.92 Å². The van der Waals surface area contributed by atoms with Gasteiger partial charge in [-0.05, 0) is 44.4 Å². The van der Waals surface area contributed by atoms with Gasteiger partial charge in [0.15, 0.2) is 0 Å². The first kappa shape index (κ1) is 15.3. The van der Waals surface area contributed by atoms with E-state index in [1.54, 1.807) is 0 Å². The van der Waals surface area contributed by atoms with E-state index >= 15 is 0 Å². The van der Waals surface area contributed by atoms with Crippen molar-refractivity contribution in [3.8, 4) is 0 Å². The lowest BCUT2D eigenvalue weighted by Gasteiger charge is -2.36. The van der Waals surface area contributed by atoms with Crippen molar-refractivity contribution < 1.29 is 10.2 Å². The molecule has 2 aliphatic carbocycles. The van der Waals surface area contributed by atoms with Gasteiger partial charge in [-0.25, -0.2) is 0 Å². The monoisotopic (exact) mass is 269 g/mol. The number of hydrogen-bond acceptors (Lipinski definition) is 3. The van der Waals surface area contributed by atoms with Crippen molar-refractivity contribution in [2.45, 2.75) is 82.3 Å². The normalized spacial score (nSPS) is 35.8. The van der Waals surface area contributed by atoms with Gasteiger partial charge in [-0.3, -0.25) is 0 Å². The van der Waals surface area contributed by atoms with Crippen LogP contribution in [0.5, 0.6) is 0 Å². The Morgan fingerprint density at radius 3 is 1.84 bits per heavy atom. The molecule has 3 heteroatoms. The summed E-state index contributed by atoms with van der Waals surface area (Å²) >= 11 is 0. The van der Waals surface area contributed by atoms with Gasteiger partial charge in [-0.1, -0.05) is 32.6 Å². The molecule has 2 saturated carbocycles. The van der Waals surface area contributed by atoms with Crippen molar-refractivity contribution in [3.05, 3.63) is 0 Å². The lowest BCUT2D eigenvalue weighted by molar-refractivity contribution is -0.0182. The zero-order chi connectivity index (χ0) is 13.8. The summed E-state index contributed by atoms with van der Waals surface area (Å²) in [5, 5.41) is 24.4. The fraction of sp³-hybridized carbons (Fsp3) is 1.00. The van der Waals surface area contributed by atoms with Gasteiger partial charge >= 0.3 is 0 Å². The van der Waals surface area contributed by atoms with Gasteiger partial charge in [0.1, 0.15) is 0 Å². The Hall–Kier alpha value is -0.120. The number of aliphatic hydroxyl groups is 2. The Kier molecular flexibility index (Phi) is 5.27. The number of rotatable bonds is 4. The van der Waals surface area contributed by atoms with E-state index in [1.807, 2.05) is 0 Å². The molecular weight excluding hydrogens is 238 g/mol. The van der Waals surface area contributed by atoms with Crippen LogP contribution >= 0.6 is 0 Å². The van der Waals surface area contributed by atoms with Gasteiger partial charge in [-0.15, -0.1) is 0 Å². The average molecular weight is 269 g/mol. The van der Waals surface area contributed by atoms with E-state index in [4.69, 9.17) is 0 Å². The molecule has 0 spiro atoms. The van der Waals surface area contributed by atoms with E-state index in [-0.39, 0.29) is 0 Å². The Labute approximate surface area is 117 Å². The lowest BCUT2D eigenvalue weighted by atomic mass is 9.79. The third-order valence-electron chi connectivity index (χ3n) is 5.15. The maximum absolute atomic E-state index is 10.6. The lowest BCUT2D eigenvalue weighted by Crippen LogP contribution is -2.48. The molecule has 2 aliphatic rings. The van der Waals surface area contributed by atoms with Gasteiger partial charge in [0, 0.05) is 13.1 Å². The molecule has 0 amide bonds. The zero-order valence-corrected chi connectivity index (χ0v) is 12.5. The summed E-state index contributed by atoms with van der Waals surface area (Å²) < 4.78 is 0. The molecule has 0 aromatic rings. The SMILES string of the molecule is CC1CCC(O)(CNCC2(O)CCCCCC2)CC1. The third kappa shape index (κ3) is 4.73. The quantitative estimate of drug-likeness (QED) is 0.688. The fourth-order valence-electron chi connectivity index (χ4n) is 3.57. The maximum atomic E-state index is 10.6. The van der Waals surface area contributed by atoms with Crippen molar-refractivity contribution in [1.29, 1.82) is 0 Å². The highest BCUT2D eigenvalue weighted by atomic mass is 16.3. The van der Waals surface area contributed by atoms with Crippen molar-refractivity contribution in [1.82, 2.24) is 5.32 Å². The molecule has 0 radical (unpaired) electrons. The topological polar surface area (TPSA) is 52.5 Å². The summed E-state index contributed by atoms with van der Waals surface area (Å²) in [4.78, 5) is 0. The molecule has 0 saturated heterocycles. The molecule has 19 heavy (non-hydrogen) atoms. The van der Waals surface area contributed by atoms with E-state index in [2.05, 4.69) is 12.2 Å².